The molecular weight excluding hydrogens is 513 g/mol. The number of pyridine rings is 1. The van der Waals surface area contributed by atoms with Crippen LogP contribution in [0.1, 0.15) is 25.3 Å². The fourth-order valence-electron chi connectivity index (χ4n) is 4.60. The second-order valence-corrected chi connectivity index (χ2v) is 10.9. The van der Waals surface area contributed by atoms with Crippen LogP contribution >= 0.6 is 11.6 Å². The summed E-state index contributed by atoms with van der Waals surface area (Å²) in [6.45, 7) is 4.09. The molecule has 35 heavy (non-hydrogen) atoms. The summed E-state index contributed by atoms with van der Waals surface area (Å²) in [5.41, 5.74) is -2.65. The molecule has 2 aliphatic heterocycles. The largest absolute Gasteiger partial charge is 0.417 e. The van der Waals surface area contributed by atoms with E-state index in [9.17, 15) is 31.2 Å². The van der Waals surface area contributed by atoms with Crippen molar-refractivity contribution in [2.75, 3.05) is 37.6 Å². The minimum Gasteiger partial charge on any atom is -0.350 e. The van der Waals surface area contributed by atoms with Gasteiger partial charge in [-0.05, 0) is 25.8 Å². The van der Waals surface area contributed by atoms with Crippen LogP contribution in [0, 0.1) is 0 Å². The van der Waals surface area contributed by atoms with Gasteiger partial charge < -0.3 is 9.88 Å². The molecule has 1 unspecified atom stereocenters. The molecule has 0 spiro atoms. The van der Waals surface area contributed by atoms with Gasteiger partial charge in [-0.3, -0.25) is 14.7 Å². The molecule has 0 radical (unpaired) electrons. The molecule has 2 N–H and O–H groups in total. The standard InChI is InChI=1S/C20H24ClF3N6O4S/c1-12-11-28(6-7-30(12)17-15(21)8-13(9-25-17)20(22,23)24)14-2-4-29(5-3-14)35(33,34)16-10-26-19(32)27-18(16)31/h8-10,12,14H,2-7,11H2,1H3,(H2,26,27,31,32). The van der Waals surface area contributed by atoms with Gasteiger partial charge >= 0.3 is 11.9 Å². The molecule has 0 bridgehead atoms. The van der Waals surface area contributed by atoms with Crippen molar-refractivity contribution < 1.29 is 21.6 Å². The van der Waals surface area contributed by atoms with Crippen molar-refractivity contribution in [2.45, 2.75) is 42.9 Å². The first-order valence-corrected chi connectivity index (χ1v) is 12.8. The minimum absolute atomic E-state index is 0.0594. The lowest BCUT2D eigenvalue weighted by Crippen LogP contribution is -2.57. The predicted molar refractivity (Wildman–Crippen MR) is 122 cm³/mol. The van der Waals surface area contributed by atoms with Gasteiger partial charge in [-0.25, -0.2) is 18.2 Å². The summed E-state index contributed by atoms with van der Waals surface area (Å²) in [6.07, 6.45) is -1.74. The Kier molecular flexibility index (Phi) is 7.01. The highest BCUT2D eigenvalue weighted by molar-refractivity contribution is 7.89. The lowest BCUT2D eigenvalue weighted by Gasteiger charge is -2.46. The summed E-state index contributed by atoms with van der Waals surface area (Å²) in [6, 6.07) is 0.912. The highest BCUT2D eigenvalue weighted by atomic mass is 35.5. The molecule has 0 aromatic carbocycles. The summed E-state index contributed by atoms with van der Waals surface area (Å²) >= 11 is 6.12. The third kappa shape index (κ3) is 5.25. The van der Waals surface area contributed by atoms with E-state index < -0.39 is 37.9 Å². The first-order chi connectivity index (χ1) is 16.4. The quantitative estimate of drug-likeness (QED) is 0.607. The molecule has 192 valence electrons. The van der Waals surface area contributed by atoms with Crippen molar-refractivity contribution in [3.63, 3.8) is 0 Å². The number of sulfonamides is 1. The topological polar surface area (TPSA) is 122 Å². The van der Waals surface area contributed by atoms with Crippen LogP contribution in [-0.4, -0.2) is 77.4 Å². The van der Waals surface area contributed by atoms with Crippen molar-refractivity contribution >= 4 is 27.4 Å². The zero-order chi connectivity index (χ0) is 25.5. The average Bonchev–Trinajstić information content (AvgIpc) is 2.78. The van der Waals surface area contributed by atoms with Crippen LogP contribution in [0.2, 0.25) is 5.02 Å². The van der Waals surface area contributed by atoms with Crippen LogP contribution < -0.4 is 16.1 Å². The van der Waals surface area contributed by atoms with Crippen LogP contribution in [0.15, 0.2) is 32.9 Å². The number of piperidine rings is 1. The number of aromatic amines is 2. The van der Waals surface area contributed by atoms with Crippen molar-refractivity contribution in [2.24, 2.45) is 0 Å². The van der Waals surface area contributed by atoms with Crippen molar-refractivity contribution in [3.05, 3.63) is 49.9 Å². The Balaban J connectivity index is 1.38. The SMILES string of the molecule is CC1CN(C2CCN(S(=O)(=O)c3c[nH]c(=O)[nH]c3=O)CC2)CCN1c1ncc(C(F)(F)F)cc1Cl. The van der Waals surface area contributed by atoms with E-state index in [2.05, 4.69) is 14.9 Å². The lowest BCUT2D eigenvalue weighted by molar-refractivity contribution is -0.137. The highest BCUT2D eigenvalue weighted by Crippen LogP contribution is 2.35. The van der Waals surface area contributed by atoms with E-state index in [4.69, 9.17) is 11.6 Å². The molecule has 2 saturated heterocycles. The Bertz CT molecular complexity index is 1310. The zero-order valence-electron chi connectivity index (χ0n) is 18.7. The number of alkyl halides is 3. The molecule has 15 heteroatoms. The number of H-pyrrole nitrogens is 2. The lowest BCUT2D eigenvalue weighted by atomic mass is 10.0. The maximum absolute atomic E-state index is 12.9. The summed E-state index contributed by atoms with van der Waals surface area (Å²) < 4.78 is 65.7. The molecule has 2 aliphatic rings. The van der Waals surface area contributed by atoms with Crippen molar-refractivity contribution in [3.8, 4) is 0 Å². The van der Waals surface area contributed by atoms with Crippen LogP contribution in [-0.2, 0) is 16.2 Å². The second-order valence-electron chi connectivity index (χ2n) is 8.64. The summed E-state index contributed by atoms with van der Waals surface area (Å²) in [4.78, 5) is 34.8. The van der Waals surface area contributed by atoms with E-state index in [0.29, 0.717) is 38.3 Å². The van der Waals surface area contributed by atoms with E-state index in [1.165, 1.54) is 4.31 Å². The first kappa shape index (κ1) is 25.7. The molecule has 0 aliphatic carbocycles. The predicted octanol–water partition coefficient (Wildman–Crippen LogP) is 1.49. The van der Waals surface area contributed by atoms with Crippen LogP contribution in [0.4, 0.5) is 19.0 Å². The molecule has 1 atom stereocenters. The first-order valence-electron chi connectivity index (χ1n) is 10.9. The number of hydrogen-bond acceptors (Lipinski definition) is 7. The molecule has 4 rings (SSSR count). The van der Waals surface area contributed by atoms with Gasteiger partial charge in [0.15, 0.2) is 4.90 Å². The van der Waals surface area contributed by atoms with E-state index in [0.717, 1.165) is 18.5 Å². The van der Waals surface area contributed by atoms with Crippen LogP contribution in [0.3, 0.4) is 0 Å². The van der Waals surface area contributed by atoms with Gasteiger partial charge in [0.2, 0.25) is 10.0 Å². The number of hydrogen-bond donors (Lipinski definition) is 2. The van der Waals surface area contributed by atoms with Crippen molar-refractivity contribution in [1.29, 1.82) is 0 Å². The number of nitrogens with one attached hydrogen (secondary N) is 2. The molecule has 0 saturated carbocycles. The van der Waals surface area contributed by atoms with Crippen LogP contribution in [0.5, 0.6) is 0 Å². The Labute approximate surface area is 203 Å². The number of piperazine rings is 1. The van der Waals surface area contributed by atoms with Gasteiger partial charge in [0.05, 0.1) is 10.6 Å². The molecule has 0 amide bonds. The number of rotatable bonds is 4. The molecule has 2 fully saturated rings. The Morgan fingerprint density at radius 2 is 1.83 bits per heavy atom. The summed E-state index contributed by atoms with van der Waals surface area (Å²) in [7, 11) is -4.05. The van der Waals surface area contributed by atoms with E-state index in [-0.39, 0.29) is 30.2 Å². The summed E-state index contributed by atoms with van der Waals surface area (Å²) in [5, 5.41) is -0.0594. The number of anilines is 1. The number of aromatic nitrogens is 3. The smallest absolute Gasteiger partial charge is 0.350 e. The third-order valence-corrected chi connectivity index (χ3v) is 8.61. The molecule has 2 aromatic heterocycles. The maximum Gasteiger partial charge on any atom is 0.417 e. The van der Waals surface area contributed by atoms with Crippen LogP contribution in [0.25, 0.3) is 0 Å². The Morgan fingerprint density at radius 1 is 1.14 bits per heavy atom. The van der Waals surface area contributed by atoms with Gasteiger partial charge in [-0.2, -0.15) is 17.5 Å². The number of halogens is 4. The Hall–Kier alpha value is -2.42. The molecular formula is C20H24ClF3N6O4S. The second kappa shape index (κ2) is 9.56. The highest BCUT2D eigenvalue weighted by Gasteiger charge is 2.37. The molecule has 4 heterocycles. The molecule has 10 nitrogen and oxygen atoms in total. The van der Waals surface area contributed by atoms with Gasteiger partial charge in [-0.15, -0.1) is 0 Å². The summed E-state index contributed by atoms with van der Waals surface area (Å²) in [5.74, 6) is 0.304. The average molecular weight is 537 g/mol. The van der Waals surface area contributed by atoms with Gasteiger partial charge in [0, 0.05) is 57.2 Å². The normalized spacial score (nSPS) is 21.4. The van der Waals surface area contributed by atoms with Gasteiger partial charge in [0.1, 0.15) is 5.82 Å². The third-order valence-electron chi connectivity index (χ3n) is 6.42. The fourth-order valence-corrected chi connectivity index (χ4v) is 6.34. The number of nitrogens with zero attached hydrogens (tertiary/aromatic N) is 4. The zero-order valence-corrected chi connectivity index (χ0v) is 20.3. The van der Waals surface area contributed by atoms with E-state index >= 15 is 0 Å². The van der Waals surface area contributed by atoms with Gasteiger partial charge in [0.25, 0.3) is 5.56 Å². The van der Waals surface area contributed by atoms with E-state index in [1.54, 1.807) is 0 Å². The molecule has 2 aromatic rings. The minimum atomic E-state index is -4.52. The fraction of sp³-hybridized carbons (Fsp3) is 0.550. The van der Waals surface area contributed by atoms with E-state index in [1.807, 2.05) is 16.8 Å². The van der Waals surface area contributed by atoms with Crippen molar-refractivity contribution in [1.82, 2.24) is 24.2 Å². The Morgan fingerprint density at radius 3 is 2.40 bits per heavy atom. The maximum atomic E-state index is 12.9. The van der Waals surface area contributed by atoms with Gasteiger partial charge in [-0.1, -0.05) is 11.6 Å². The monoisotopic (exact) mass is 536 g/mol.